The Kier molecular flexibility index (Phi) is 4.72. The molecule has 3 rings (SSSR count). The highest BCUT2D eigenvalue weighted by Crippen LogP contribution is 2.12. The Balaban J connectivity index is 1.58. The number of rotatable bonds is 4. The zero-order valence-electron chi connectivity index (χ0n) is 12.5. The third-order valence-corrected chi connectivity index (χ3v) is 3.64. The lowest BCUT2D eigenvalue weighted by atomic mass is 10.1. The van der Waals surface area contributed by atoms with Gasteiger partial charge in [0, 0.05) is 37.2 Å². The molecule has 1 fully saturated rings. The number of nitrogens with one attached hydrogen (secondary N) is 1. The predicted octanol–water partition coefficient (Wildman–Crippen LogP) is 0.0337. The van der Waals surface area contributed by atoms with Crippen LogP contribution in [0.4, 0.5) is 0 Å². The van der Waals surface area contributed by atoms with Gasteiger partial charge in [-0.15, -0.1) is 0 Å². The van der Waals surface area contributed by atoms with Crippen LogP contribution in [0, 0.1) is 0 Å². The summed E-state index contributed by atoms with van der Waals surface area (Å²) in [6.07, 6.45) is 5.72. The van der Waals surface area contributed by atoms with Crippen LogP contribution in [0.15, 0.2) is 35.6 Å². The molecule has 0 bridgehead atoms. The van der Waals surface area contributed by atoms with Gasteiger partial charge in [-0.25, -0.2) is 15.0 Å². The Labute approximate surface area is 132 Å². The summed E-state index contributed by atoms with van der Waals surface area (Å²) in [7, 11) is 0. The van der Waals surface area contributed by atoms with Crippen molar-refractivity contribution >= 4 is 5.91 Å². The Morgan fingerprint density at radius 1 is 1.35 bits per heavy atom. The molecular weight excluding hydrogens is 298 g/mol. The average Bonchev–Trinajstić information content (AvgIpc) is 2.60. The number of nitrogens with zero attached hydrogens (tertiary/aromatic N) is 4. The molecule has 0 radical (unpaired) electrons. The molecule has 0 saturated carbocycles. The molecule has 8 nitrogen and oxygen atoms in total. The normalized spacial score (nSPS) is 17.9. The van der Waals surface area contributed by atoms with Crippen molar-refractivity contribution in [2.45, 2.75) is 18.9 Å². The second-order valence-electron chi connectivity index (χ2n) is 5.26. The van der Waals surface area contributed by atoms with Crippen LogP contribution >= 0.6 is 0 Å². The van der Waals surface area contributed by atoms with E-state index in [4.69, 9.17) is 4.74 Å². The van der Waals surface area contributed by atoms with E-state index in [-0.39, 0.29) is 23.4 Å². The number of morpholine rings is 1. The lowest BCUT2D eigenvalue weighted by Crippen LogP contribution is -2.46. The van der Waals surface area contributed by atoms with Gasteiger partial charge in [0.05, 0.1) is 19.0 Å². The van der Waals surface area contributed by atoms with Crippen molar-refractivity contribution in [1.29, 1.82) is 0 Å². The van der Waals surface area contributed by atoms with Gasteiger partial charge < -0.3 is 14.6 Å². The van der Waals surface area contributed by atoms with Crippen LogP contribution in [-0.4, -0.2) is 56.5 Å². The van der Waals surface area contributed by atoms with Gasteiger partial charge in [-0.1, -0.05) is 0 Å². The zero-order chi connectivity index (χ0) is 16.1. The second-order valence-corrected chi connectivity index (χ2v) is 5.26. The minimum absolute atomic E-state index is 0.0856. The highest BCUT2D eigenvalue weighted by molar-refractivity contribution is 5.90. The van der Waals surface area contributed by atoms with E-state index >= 15 is 0 Å². The zero-order valence-corrected chi connectivity index (χ0v) is 12.5. The van der Waals surface area contributed by atoms with Gasteiger partial charge in [-0.3, -0.25) is 9.59 Å². The number of ether oxygens (including phenoxy) is 1. The largest absolute Gasteiger partial charge is 0.375 e. The number of carbonyl (C=O) groups excluding carboxylic acids is 1. The SMILES string of the molecule is O=C(c1ncccn1)N1CCO[C@H](CCc2cc(=O)[nH]cn2)C1. The van der Waals surface area contributed by atoms with Crippen LogP contribution in [0.5, 0.6) is 0 Å². The molecular formula is C15H17N5O3. The van der Waals surface area contributed by atoms with Crippen LogP contribution < -0.4 is 5.56 Å². The highest BCUT2D eigenvalue weighted by atomic mass is 16.5. The first-order valence-electron chi connectivity index (χ1n) is 7.44. The topological polar surface area (TPSA) is 101 Å². The fourth-order valence-electron chi connectivity index (χ4n) is 2.48. The maximum absolute atomic E-state index is 12.4. The number of carbonyl (C=O) groups is 1. The quantitative estimate of drug-likeness (QED) is 0.854. The molecule has 1 aliphatic rings. The van der Waals surface area contributed by atoms with E-state index in [2.05, 4.69) is 19.9 Å². The molecule has 0 unspecified atom stereocenters. The Morgan fingerprint density at radius 2 is 2.17 bits per heavy atom. The monoisotopic (exact) mass is 315 g/mol. The van der Waals surface area contributed by atoms with E-state index in [0.717, 1.165) is 0 Å². The van der Waals surface area contributed by atoms with Gasteiger partial charge in [-0.2, -0.15) is 0 Å². The molecule has 2 aromatic rings. The number of aromatic amines is 1. The summed E-state index contributed by atoms with van der Waals surface area (Å²) in [5, 5.41) is 0. The summed E-state index contributed by atoms with van der Waals surface area (Å²) in [6.45, 7) is 1.49. The predicted molar refractivity (Wildman–Crippen MR) is 80.9 cm³/mol. The Hall–Kier alpha value is -2.61. The summed E-state index contributed by atoms with van der Waals surface area (Å²) in [5.74, 6) is 0.0117. The van der Waals surface area contributed by atoms with Crippen molar-refractivity contribution < 1.29 is 9.53 Å². The molecule has 120 valence electrons. The van der Waals surface area contributed by atoms with Gasteiger partial charge in [0.1, 0.15) is 0 Å². The van der Waals surface area contributed by atoms with Crippen LogP contribution in [0.3, 0.4) is 0 Å². The van der Waals surface area contributed by atoms with E-state index in [1.807, 2.05) is 0 Å². The van der Waals surface area contributed by atoms with Crippen LogP contribution in [-0.2, 0) is 11.2 Å². The van der Waals surface area contributed by atoms with E-state index in [1.54, 1.807) is 23.4 Å². The molecule has 0 spiro atoms. The molecule has 0 aliphatic carbocycles. The molecule has 8 heteroatoms. The first-order valence-corrected chi connectivity index (χ1v) is 7.44. The fourth-order valence-corrected chi connectivity index (χ4v) is 2.48. The van der Waals surface area contributed by atoms with E-state index in [1.165, 1.54) is 12.4 Å². The third kappa shape index (κ3) is 3.98. The van der Waals surface area contributed by atoms with Crippen molar-refractivity contribution in [1.82, 2.24) is 24.8 Å². The first-order chi connectivity index (χ1) is 11.2. The number of aromatic nitrogens is 4. The summed E-state index contributed by atoms with van der Waals surface area (Å²) >= 11 is 0. The van der Waals surface area contributed by atoms with Crippen molar-refractivity contribution in [2.24, 2.45) is 0 Å². The standard InChI is InChI=1S/C15H17N5O3/c21-13-8-11(18-10-19-13)2-3-12-9-20(6-7-23-12)15(22)14-16-4-1-5-17-14/h1,4-5,8,10,12H,2-3,6-7,9H2,(H,18,19,21)/t12-/m1/s1. The van der Waals surface area contributed by atoms with Crippen LogP contribution in [0.25, 0.3) is 0 Å². The van der Waals surface area contributed by atoms with Crippen LogP contribution in [0.2, 0.25) is 0 Å². The van der Waals surface area contributed by atoms with Crippen LogP contribution in [0.1, 0.15) is 22.7 Å². The van der Waals surface area contributed by atoms with Crippen molar-refractivity contribution in [3.8, 4) is 0 Å². The number of hydrogen-bond donors (Lipinski definition) is 1. The molecule has 23 heavy (non-hydrogen) atoms. The van der Waals surface area contributed by atoms with Gasteiger partial charge in [0.15, 0.2) is 0 Å². The molecule has 1 N–H and O–H groups in total. The van der Waals surface area contributed by atoms with Crippen molar-refractivity contribution in [3.63, 3.8) is 0 Å². The lowest BCUT2D eigenvalue weighted by Gasteiger charge is -2.32. The number of amides is 1. The van der Waals surface area contributed by atoms with Gasteiger partial charge in [-0.05, 0) is 18.9 Å². The Morgan fingerprint density at radius 3 is 2.96 bits per heavy atom. The molecule has 2 aromatic heterocycles. The lowest BCUT2D eigenvalue weighted by molar-refractivity contribution is -0.0250. The molecule has 1 saturated heterocycles. The van der Waals surface area contributed by atoms with Crippen molar-refractivity contribution in [2.75, 3.05) is 19.7 Å². The van der Waals surface area contributed by atoms with E-state index < -0.39 is 0 Å². The Bertz CT molecular complexity index is 718. The smallest absolute Gasteiger partial charge is 0.291 e. The highest BCUT2D eigenvalue weighted by Gasteiger charge is 2.26. The summed E-state index contributed by atoms with van der Waals surface area (Å²) < 4.78 is 5.70. The fraction of sp³-hybridized carbons (Fsp3) is 0.400. The maximum atomic E-state index is 12.4. The van der Waals surface area contributed by atoms with Gasteiger partial charge >= 0.3 is 0 Å². The number of H-pyrrole nitrogens is 1. The first kappa shape index (κ1) is 15.3. The van der Waals surface area contributed by atoms with Crippen molar-refractivity contribution in [3.05, 3.63) is 52.7 Å². The molecule has 0 aromatic carbocycles. The molecule has 1 atom stereocenters. The molecule has 3 heterocycles. The molecule has 1 aliphatic heterocycles. The third-order valence-electron chi connectivity index (χ3n) is 3.64. The summed E-state index contributed by atoms with van der Waals surface area (Å²) in [4.78, 5) is 39.9. The van der Waals surface area contributed by atoms with Gasteiger partial charge in [0.2, 0.25) is 5.82 Å². The summed E-state index contributed by atoms with van der Waals surface area (Å²) in [6, 6.07) is 3.15. The average molecular weight is 315 g/mol. The van der Waals surface area contributed by atoms with E-state index in [0.29, 0.717) is 38.2 Å². The number of hydrogen-bond acceptors (Lipinski definition) is 6. The van der Waals surface area contributed by atoms with Gasteiger partial charge in [0.25, 0.3) is 11.5 Å². The second kappa shape index (κ2) is 7.10. The van der Waals surface area contributed by atoms with E-state index in [9.17, 15) is 9.59 Å². The minimum Gasteiger partial charge on any atom is -0.375 e. The number of aryl methyl sites for hydroxylation is 1. The molecule has 1 amide bonds. The maximum Gasteiger partial charge on any atom is 0.291 e. The summed E-state index contributed by atoms with van der Waals surface area (Å²) in [5.41, 5.74) is 0.546. The minimum atomic E-state index is -0.187.